The molecule has 1 aromatic heterocycles. The maximum atomic E-state index is 12.2. The molecule has 2 rings (SSSR count). The molecular weight excluding hydrogens is 284 g/mol. The number of nitrogens with one attached hydrogen (secondary N) is 2. The van der Waals surface area contributed by atoms with Crippen molar-refractivity contribution in [3.63, 3.8) is 0 Å². The number of hydrogen-bond donors (Lipinski definition) is 2. The summed E-state index contributed by atoms with van der Waals surface area (Å²) in [5, 5.41) is 5.21. The number of carbonyl (C=O) groups excluding carboxylic acids is 2. The molecule has 0 spiro atoms. The van der Waals surface area contributed by atoms with Crippen molar-refractivity contribution < 1.29 is 18.7 Å². The molecule has 6 nitrogen and oxygen atoms in total. The lowest BCUT2D eigenvalue weighted by atomic mass is 10.1. The molecule has 1 aromatic carbocycles. The second-order valence-electron chi connectivity index (χ2n) is 4.56. The van der Waals surface area contributed by atoms with Crippen LogP contribution in [0.5, 0.6) is 5.75 Å². The highest BCUT2D eigenvalue weighted by Gasteiger charge is 2.16. The fraction of sp³-hybridized carbons (Fsp3) is 0.250. The minimum absolute atomic E-state index is 0.204. The zero-order valence-electron chi connectivity index (χ0n) is 12.7. The van der Waals surface area contributed by atoms with Crippen molar-refractivity contribution in [2.24, 2.45) is 0 Å². The lowest BCUT2D eigenvalue weighted by molar-refractivity contribution is 0.0963. The molecule has 0 aliphatic rings. The number of furan rings is 1. The van der Waals surface area contributed by atoms with E-state index in [1.807, 2.05) is 6.92 Å². The van der Waals surface area contributed by atoms with E-state index in [9.17, 15) is 9.59 Å². The minimum atomic E-state index is -0.407. The average Bonchev–Trinajstić information content (AvgIpc) is 3.03. The third-order valence-corrected chi connectivity index (χ3v) is 3.18. The van der Waals surface area contributed by atoms with Gasteiger partial charge in [0.05, 0.1) is 18.4 Å². The first kappa shape index (κ1) is 15.6. The molecule has 2 N–H and O–H groups in total. The zero-order chi connectivity index (χ0) is 16.1. The van der Waals surface area contributed by atoms with Crippen LogP contribution >= 0.6 is 0 Å². The lowest BCUT2D eigenvalue weighted by Gasteiger charge is -2.11. The van der Waals surface area contributed by atoms with Gasteiger partial charge in [0, 0.05) is 13.5 Å². The number of ether oxygens (including phenoxy) is 1. The van der Waals surface area contributed by atoms with Crippen molar-refractivity contribution in [2.75, 3.05) is 19.5 Å². The van der Waals surface area contributed by atoms with E-state index in [0.717, 1.165) is 5.76 Å². The molecule has 2 aromatic rings. The van der Waals surface area contributed by atoms with E-state index in [4.69, 9.17) is 9.15 Å². The number of benzene rings is 1. The highest BCUT2D eigenvalue weighted by Crippen LogP contribution is 2.23. The molecule has 0 fully saturated rings. The quantitative estimate of drug-likeness (QED) is 0.889. The molecule has 0 saturated carbocycles. The van der Waals surface area contributed by atoms with Gasteiger partial charge in [0.15, 0.2) is 5.76 Å². The van der Waals surface area contributed by atoms with Gasteiger partial charge in [-0.1, -0.05) is 6.92 Å². The number of anilines is 1. The first-order chi connectivity index (χ1) is 10.6. The van der Waals surface area contributed by atoms with Crippen LogP contribution in [-0.4, -0.2) is 26.0 Å². The predicted molar refractivity (Wildman–Crippen MR) is 82.4 cm³/mol. The van der Waals surface area contributed by atoms with Crippen molar-refractivity contribution in [3.8, 4) is 5.75 Å². The molecule has 0 unspecified atom stereocenters. The highest BCUT2D eigenvalue weighted by atomic mass is 16.5. The Kier molecular flexibility index (Phi) is 4.83. The lowest BCUT2D eigenvalue weighted by Crippen LogP contribution is -2.21. The number of aryl methyl sites for hydroxylation is 1. The molecule has 0 radical (unpaired) electrons. The van der Waals surface area contributed by atoms with Gasteiger partial charge in [-0.05, 0) is 30.3 Å². The Bertz CT molecular complexity index is 691. The topological polar surface area (TPSA) is 80.6 Å². The fourth-order valence-electron chi connectivity index (χ4n) is 1.96. The Morgan fingerprint density at radius 1 is 1.18 bits per heavy atom. The summed E-state index contributed by atoms with van der Waals surface area (Å²) in [6, 6.07) is 8.21. The molecule has 0 aliphatic heterocycles. The van der Waals surface area contributed by atoms with Gasteiger partial charge in [-0.3, -0.25) is 9.59 Å². The summed E-state index contributed by atoms with van der Waals surface area (Å²) in [7, 11) is 3.03. The van der Waals surface area contributed by atoms with Crippen LogP contribution in [0.25, 0.3) is 0 Å². The van der Waals surface area contributed by atoms with Crippen LogP contribution in [0.3, 0.4) is 0 Å². The average molecular weight is 302 g/mol. The van der Waals surface area contributed by atoms with Crippen LogP contribution in [0.2, 0.25) is 0 Å². The van der Waals surface area contributed by atoms with Crippen molar-refractivity contribution in [1.29, 1.82) is 0 Å². The number of hydrogen-bond acceptors (Lipinski definition) is 4. The predicted octanol–water partition coefficient (Wildman–Crippen LogP) is 2.46. The van der Waals surface area contributed by atoms with E-state index < -0.39 is 5.91 Å². The number of rotatable bonds is 5. The van der Waals surface area contributed by atoms with Gasteiger partial charge in [-0.2, -0.15) is 0 Å². The van der Waals surface area contributed by atoms with Gasteiger partial charge in [0.2, 0.25) is 0 Å². The van der Waals surface area contributed by atoms with Gasteiger partial charge >= 0.3 is 0 Å². The Morgan fingerprint density at radius 2 is 1.95 bits per heavy atom. The molecule has 22 heavy (non-hydrogen) atoms. The van der Waals surface area contributed by atoms with Gasteiger partial charge in [-0.25, -0.2) is 0 Å². The first-order valence-corrected chi connectivity index (χ1v) is 6.89. The normalized spacial score (nSPS) is 10.1. The summed E-state index contributed by atoms with van der Waals surface area (Å²) in [6.07, 6.45) is 0.708. The smallest absolute Gasteiger partial charge is 0.291 e. The zero-order valence-corrected chi connectivity index (χ0v) is 12.7. The Labute approximate surface area is 128 Å². The summed E-state index contributed by atoms with van der Waals surface area (Å²) in [6.45, 7) is 1.94. The van der Waals surface area contributed by atoms with Crippen molar-refractivity contribution in [2.45, 2.75) is 13.3 Å². The standard InChI is InChI=1S/C16H18N2O4/c1-4-10-6-8-14(22-10)16(20)18-13-7-5-11(21-3)9-12(13)15(19)17-2/h5-9H,4H2,1-3H3,(H,17,19)(H,18,20). The number of methoxy groups -OCH3 is 1. The fourth-order valence-corrected chi connectivity index (χ4v) is 1.96. The molecule has 116 valence electrons. The summed E-state index contributed by atoms with van der Waals surface area (Å²) in [5.41, 5.74) is 0.706. The van der Waals surface area contributed by atoms with Crippen LogP contribution < -0.4 is 15.4 Å². The van der Waals surface area contributed by atoms with E-state index in [0.29, 0.717) is 23.4 Å². The van der Waals surface area contributed by atoms with E-state index in [2.05, 4.69) is 10.6 Å². The SMILES string of the molecule is CCc1ccc(C(=O)Nc2ccc(OC)cc2C(=O)NC)o1. The molecule has 1 heterocycles. The molecule has 0 atom stereocenters. The van der Waals surface area contributed by atoms with E-state index in [-0.39, 0.29) is 11.7 Å². The number of amides is 2. The Hall–Kier alpha value is -2.76. The summed E-state index contributed by atoms with van der Waals surface area (Å²) >= 11 is 0. The number of carbonyl (C=O) groups is 2. The van der Waals surface area contributed by atoms with Gasteiger partial charge in [-0.15, -0.1) is 0 Å². The van der Waals surface area contributed by atoms with Crippen molar-refractivity contribution >= 4 is 17.5 Å². The largest absolute Gasteiger partial charge is 0.497 e. The van der Waals surface area contributed by atoms with E-state index in [1.54, 1.807) is 30.3 Å². The molecular formula is C16H18N2O4. The van der Waals surface area contributed by atoms with Crippen molar-refractivity contribution in [1.82, 2.24) is 5.32 Å². The highest BCUT2D eigenvalue weighted by molar-refractivity contribution is 6.08. The monoisotopic (exact) mass is 302 g/mol. The Balaban J connectivity index is 2.28. The van der Waals surface area contributed by atoms with Crippen LogP contribution in [0.4, 0.5) is 5.69 Å². The van der Waals surface area contributed by atoms with Crippen LogP contribution in [0.15, 0.2) is 34.7 Å². The van der Waals surface area contributed by atoms with Gasteiger partial charge in [0.25, 0.3) is 11.8 Å². The third-order valence-electron chi connectivity index (χ3n) is 3.18. The second kappa shape index (κ2) is 6.80. The second-order valence-corrected chi connectivity index (χ2v) is 4.56. The van der Waals surface area contributed by atoms with Crippen LogP contribution in [0, 0.1) is 0 Å². The molecule has 0 bridgehead atoms. The molecule has 2 amide bonds. The maximum Gasteiger partial charge on any atom is 0.291 e. The molecule has 0 saturated heterocycles. The van der Waals surface area contributed by atoms with E-state index >= 15 is 0 Å². The first-order valence-electron chi connectivity index (χ1n) is 6.89. The van der Waals surface area contributed by atoms with Crippen molar-refractivity contribution in [3.05, 3.63) is 47.4 Å². The van der Waals surface area contributed by atoms with Gasteiger partial charge < -0.3 is 19.8 Å². The van der Waals surface area contributed by atoms with E-state index in [1.165, 1.54) is 14.2 Å². The summed E-state index contributed by atoms with van der Waals surface area (Å²) in [5.74, 6) is 0.739. The van der Waals surface area contributed by atoms with Crippen LogP contribution in [-0.2, 0) is 6.42 Å². The van der Waals surface area contributed by atoms with Crippen LogP contribution in [0.1, 0.15) is 33.6 Å². The summed E-state index contributed by atoms with van der Waals surface area (Å²) < 4.78 is 10.5. The maximum absolute atomic E-state index is 12.2. The Morgan fingerprint density at radius 3 is 2.55 bits per heavy atom. The van der Waals surface area contributed by atoms with Gasteiger partial charge in [0.1, 0.15) is 11.5 Å². The molecule has 6 heteroatoms. The molecule has 0 aliphatic carbocycles. The summed E-state index contributed by atoms with van der Waals surface area (Å²) in [4.78, 5) is 24.1. The third kappa shape index (κ3) is 3.28. The minimum Gasteiger partial charge on any atom is -0.497 e.